The van der Waals surface area contributed by atoms with Crippen molar-refractivity contribution in [3.05, 3.63) is 49.3 Å². The third kappa shape index (κ3) is 36.5. The molecule has 0 aliphatic heterocycles. The predicted molar refractivity (Wildman–Crippen MR) is 169 cm³/mol. The van der Waals surface area contributed by atoms with E-state index in [1.54, 1.807) is 34.6 Å². The maximum atomic E-state index is 11.1. The van der Waals surface area contributed by atoms with Crippen molar-refractivity contribution < 1.29 is 40.9 Å². The van der Waals surface area contributed by atoms with Gasteiger partial charge in [-0.1, -0.05) is 97.4 Å². The molecule has 0 bridgehead atoms. The molecule has 41 heavy (non-hydrogen) atoms. The molecule has 2 unspecified atom stereocenters. The van der Waals surface area contributed by atoms with Gasteiger partial charge < -0.3 is 26.5 Å². The van der Waals surface area contributed by atoms with Gasteiger partial charge in [-0.3, -0.25) is 0 Å². The second-order valence-electron chi connectivity index (χ2n) is 9.50. The molecule has 0 aliphatic carbocycles. The van der Waals surface area contributed by atoms with Gasteiger partial charge in [0.05, 0.1) is 12.9 Å². The number of hydrogen-bond donors (Lipinski definition) is 0. The number of unbranched alkanes of at least 4 members (excludes halogenated alkanes) is 10. The molecule has 0 aromatic carbocycles. The first kappa shape index (κ1) is 46.5. The van der Waals surface area contributed by atoms with Crippen molar-refractivity contribution in [1.29, 1.82) is 0 Å². The third-order valence-electron chi connectivity index (χ3n) is 5.21. The Balaban J connectivity index is -0.000000125. The summed E-state index contributed by atoms with van der Waals surface area (Å²) in [5, 5.41) is 0. The molecule has 9 heteroatoms. The molecule has 0 aromatic heterocycles. The van der Waals surface area contributed by atoms with Crippen LogP contribution in [0.15, 0.2) is 49.3 Å². The molecule has 236 valence electrons. The molecule has 8 nitrogen and oxygen atoms in total. The first-order chi connectivity index (χ1) is 18.8. The Morgan fingerprint density at radius 2 is 1.12 bits per heavy atom. The van der Waals surface area contributed by atoms with Crippen LogP contribution < -0.4 is 0 Å². The maximum absolute atomic E-state index is 11.1. The third-order valence-corrected chi connectivity index (χ3v) is 5.21. The number of hydrogen-bond acceptors (Lipinski definition) is 8. The minimum absolute atomic E-state index is 0. The normalized spacial score (nSPS) is 11.0. The zero-order valence-corrected chi connectivity index (χ0v) is 29.2. The zero-order chi connectivity index (χ0) is 31.3. The van der Waals surface area contributed by atoms with Gasteiger partial charge in [0.2, 0.25) is 6.29 Å². The number of methoxy groups -OCH3 is 1. The molecule has 0 fully saturated rings. The van der Waals surface area contributed by atoms with E-state index in [4.69, 9.17) is 18.9 Å². The molecule has 0 aliphatic rings. The van der Waals surface area contributed by atoms with Gasteiger partial charge in [0.1, 0.15) is 0 Å². The predicted octanol–water partition coefficient (Wildman–Crippen LogP) is 7.97. The number of ether oxygens (including phenoxy) is 5. The average molecular weight is 611 g/mol. The van der Waals surface area contributed by atoms with E-state index in [-0.39, 0.29) is 46.6 Å². The molecular formula is C32H58CaO8. The molecule has 0 N–H and O–H groups in total. The summed E-state index contributed by atoms with van der Waals surface area (Å²) in [5.74, 6) is -1.15. The monoisotopic (exact) mass is 610 g/mol. The van der Waals surface area contributed by atoms with Crippen LogP contribution in [0.25, 0.3) is 0 Å². The van der Waals surface area contributed by atoms with Crippen LogP contribution in [0.2, 0.25) is 0 Å². The van der Waals surface area contributed by atoms with Crippen LogP contribution in [0.4, 0.5) is 0 Å². The summed E-state index contributed by atoms with van der Waals surface area (Å²) < 4.78 is 24.2. The van der Waals surface area contributed by atoms with Crippen molar-refractivity contribution in [2.75, 3.05) is 13.7 Å². The van der Waals surface area contributed by atoms with Crippen molar-refractivity contribution >= 4 is 55.6 Å². The smallest absolute Gasteiger partial charge is 1.00 e. The first-order valence-electron chi connectivity index (χ1n) is 14.2. The molecule has 0 heterocycles. The Labute approximate surface area is 282 Å². The Morgan fingerprint density at radius 3 is 1.46 bits per heavy atom. The fourth-order valence-corrected chi connectivity index (χ4v) is 2.84. The summed E-state index contributed by atoms with van der Waals surface area (Å²) in [5.41, 5.74) is 1.22. The van der Waals surface area contributed by atoms with Crippen molar-refractivity contribution in [2.24, 2.45) is 0 Å². The standard InChI is InChI=1S/C17H32O2.C9H16O4.C6H8O2.Ca.2H/c1-4-5-6-7-8-9-10-11-12-13-14-15-19-17(18)16(2)3;1-6(2)9(10)13-8(4)12-7(3)11-5;1-4-8-6(7)5(2)3;;;/h2,4-15H2,1,3H3;7-8H,1H2,2-5H3;4H,1-2H2,3H3;;;/q;;;+2;2*-1. The van der Waals surface area contributed by atoms with E-state index in [1.807, 2.05) is 0 Å². The van der Waals surface area contributed by atoms with E-state index < -0.39 is 24.5 Å². The summed E-state index contributed by atoms with van der Waals surface area (Å²) in [6, 6.07) is 0. The van der Waals surface area contributed by atoms with E-state index in [1.165, 1.54) is 71.3 Å². The molecule has 0 saturated carbocycles. The van der Waals surface area contributed by atoms with Crippen LogP contribution in [0.3, 0.4) is 0 Å². The van der Waals surface area contributed by atoms with E-state index in [0.29, 0.717) is 23.3 Å². The maximum Gasteiger partial charge on any atom is 2.00 e. The van der Waals surface area contributed by atoms with E-state index in [0.717, 1.165) is 12.7 Å². The van der Waals surface area contributed by atoms with Crippen LogP contribution in [-0.2, 0) is 38.1 Å². The number of carbonyl (C=O) groups excluding carboxylic acids is 3. The molecule has 2 atom stereocenters. The van der Waals surface area contributed by atoms with E-state index in [9.17, 15) is 14.4 Å². The van der Waals surface area contributed by atoms with Gasteiger partial charge >= 0.3 is 55.6 Å². The second kappa shape index (κ2) is 33.1. The summed E-state index contributed by atoms with van der Waals surface area (Å²) in [4.78, 5) is 32.4. The molecule has 0 saturated heterocycles. The van der Waals surface area contributed by atoms with E-state index in [2.05, 4.69) is 38.0 Å². The Hall–Kier alpha value is -1.45. The van der Waals surface area contributed by atoms with Crippen molar-refractivity contribution in [3.8, 4) is 0 Å². The molecule has 0 rings (SSSR count). The Bertz CT molecular complexity index is 760. The van der Waals surface area contributed by atoms with Gasteiger partial charge in [0.25, 0.3) is 0 Å². The van der Waals surface area contributed by atoms with Gasteiger partial charge in [-0.05, 0) is 41.0 Å². The van der Waals surface area contributed by atoms with Crippen LogP contribution in [0, 0.1) is 0 Å². The van der Waals surface area contributed by atoms with Crippen molar-refractivity contribution in [1.82, 2.24) is 0 Å². The van der Waals surface area contributed by atoms with Gasteiger partial charge in [0.15, 0.2) is 6.29 Å². The van der Waals surface area contributed by atoms with Gasteiger partial charge in [-0.2, -0.15) is 0 Å². The SMILES string of the molecule is C=C(C)C(=O)OC(C)OC(C)OC.C=C(C)C(=O)OCCCCCCCCCCCCC.C=COC(=O)C(=C)C.[Ca+2].[H-].[H-]. The van der Waals surface area contributed by atoms with Crippen LogP contribution in [0.5, 0.6) is 0 Å². The Kier molecular flexibility index (Phi) is 37.5. The van der Waals surface area contributed by atoms with Crippen molar-refractivity contribution in [3.63, 3.8) is 0 Å². The van der Waals surface area contributed by atoms with Gasteiger partial charge in [-0.15, -0.1) is 0 Å². The molecule has 0 aromatic rings. The van der Waals surface area contributed by atoms with Crippen molar-refractivity contribution in [2.45, 2.75) is 125 Å². The summed E-state index contributed by atoms with van der Waals surface area (Å²) >= 11 is 0. The van der Waals surface area contributed by atoms with E-state index >= 15 is 0 Å². The molecule has 0 spiro atoms. The summed E-state index contributed by atoms with van der Waals surface area (Å²) in [6.45, 7) is 24.5. The largest absolute Gasteiger partial charge is 2.00 e. The molecule has 0 amide bonds. The van der Waals surface area contributed by atoms with Gasteiger partial charge in [-0.25, -0.2) is 14.4 Å². The minimum atomic E-state index is -0.626. The second-order valence-corrected chi connectivity index (χ2v) is 9.50. The Morgan fingerprint density at radius 1 is 0.707 bits per heavy atom. The zero-order valence-electron chi connectivity index (χ0n) is 29.0. The fraction of sp³-hybridized carbons (Fsp3) is 0.656. The van der Waals surface area contributed by atoms with Crippen LogP contribution in [0.1, 0.15) is 115 Å². The average Bonchev–Trinajstić information content (AvgIpc) is 2.89. The van der Waals surface area contributed by atoms with Gasteiger partial charge in [0, 0.05) is 23.8 Å². The fourth-order valence-electron chi connectivity index (χ4n) is 2.84. The minimum Gasteiger partial charge on any atom is -1.00 e. The van der Waals surface area contributed by atoms with Crippen LogP contribution in [-0.4, -0.2) is 81.9 Å². The molecular weight excluding hydrogens is 552 g/mol. The quantitative estimate of drug-likeness (QED) is 0.0260. The topological polar surface area (TPSA) is 97.4 Å². The molecule has 0 radical (unpaired) electrons. The summed E-state index contributed by atoms with van der Waals surface area (Å²) in [7, 11) is 1.51. The summed E-state index contributed by atoms with van der Waals surface area (Å²) in [6.07, 6.45) is 14.5. The van der Waals surface area contributed by atoms with Crippen LogP contribution >= 0.6 is 0 Å². The number of esters is 3. The number of rotatable bonds is 20. The first-order valence-corrected chi connectivity index (χ1v) is 14.2. The number of carbonyl (C=O) groups is 3.